The Kier molecular flexibility index (Phi) is 5.03. The van der Waals surface area contributed by atoms with Gasteiger partial charge in [-0.25, -0.2) is 0 Å². The Labute approximate surface area is 132 Å². The molecule has 1 aliphatic rings. The van der Waals surface area contributed by atoms with E-state index in [-0.39, 0.29) is 0 Å². The van der Waals surface area contributed by atoms with E-state index in [0.717, 1.165) is 37.6 Å². The fraction of sp³-hybridized carbons (Fsp3) is 0.389. The summed E-state index contributed by atoms with van der Waals surface area (Å²) >= 11 is 0. The van der Waals surface area contributed by atoms with E-state index in [1.165, 1.54) is 5.56 Å². The molecule has 0 saturated carbocycles. The molecule has 1 aliphatic heterocycles. The first-order valence-electron chi connectivity index (χ1n) is 7.87. The second-order valence-corrected chi connectivity index (χ2v) is 5.85. The third kappa shape index (κ3) is 4.29. The molecule has 1 saturated heterocycles. The molecule has 4 nitrogen and oxygen atoms in total. The zero-order chi connectivity index (χ0) is 15.2. The number of ether oxygens (including phenoxy) is 1. The predicted molar refractivity (Wildman–Crippen MR) is 87.8 cm³/mol. The van der Waals surface area contributed by atoms with Crippen LogP contribution >= 0.6 is 0 Å². The van der Waals surface area contributed by atoms with Gasteiger partial charge in [0.1, 0.15) is 12.4 Å². The minimum Gasteiger partial charge on any atom is -0.487 e. The van der Waals surface area contributed by atoms with Gasteiger partial charge in [-0.2, -0.15) is 0 Å². The highest BCUT2D eigenvalue weighted by Crippen LogP contribution is 2.17. The molecule has 3 rings (SSSR count). The maximum atomic E-state index is 5.85. The van der Waals surface area contributed by atoms with Crippen molar-refractivity contribution in [1.82, 2.24) is 15.2 Å². The number of aromatic nitrogens is 1. The highest BCUT2D eigenvalue weighted by atomic mass is 16.5. The number of nitrogens with zero attached hydrogens (tertiary/aromatic N) is 2. The first kappa shape index (κ1) is 15.0. The SMILES string of the molecule is C[C@H]1CN(Cc2cccc(OCc3ccccn3)c2)CCN1. The number of rotatable bonds is 5. The highest BCUT2D eigenvalue weighted by Gasteiger charge is 2.15. The van der Waals surface area contributed by atoms with Crippen LogP contribution in [0.3, 0.4) is 0 Å². The lowest BCUT2D eigenvalue weighted by atomic mass is 10.1. The normalized spacial score (nSPS) is 19.0. The number of hydrogen-bond acceptors (Lipinski definition) is 4. The van der Waals surface area contributed by atoms with Crippen molar-refractivity contribution in [3.8, 4) is 5.75 Å². The lowest BCUT2D eigenvalue weighted by molar-refractivity contribution is 0.199. The maximum absolute atomic E-state index is 5.85. The minimum absolute atomic E-state index is 0.509. The summed E-state index contributed by atoms with van der Waals surface area (Å²) in [5.41, 5.74) is 2.25. The fourth-order valence-electron chi connectivity index (χ4n) is 2.79. The molecule has 0 amide bonds. The van der Waals surface area contributed by atoms with Crippen LogP contribution in [-0.2, 0) is 13.2 Å². The lowest BCUT2D eigenvalue weighted by Gasteiger charge is -2.31. The molecule has 1 atom stereocenters. The quantitative estimate of drug-likeness (QED) is 0.920. The van der Waals surface area contributed by atoms with Gasteiger partial charge in [-0.1, -0.05) is 18.2 Å². The van der Waals surface area contributed by atoms with Gasteiger partial charge in [0.05, 0.1) is 5.69 Å². The summed E-state index contributed by atoms with van der Waals surface area (Å²) < 4.78 is 5.85. The Morgan fingerprint density at radius 2 is 2.23 bits per heavy atom. The van der Waals surface area contributed by atoms with Crippen molar-refractivity contribution in [3.05, 3.63) is 59.9 Å². The van der Waals surface area contributed by atoms with Gasteiger partial charge < -0.3 is 10.1 Å². The molecule has 4 heteroatoms. The molecule has 116 valence electrons. The summed E-state index contributed by atoms with van der Waals surface area (Å²) in [7, 11) is 0. The van der Waals surface area contributed by atoms with E-state index in [1.54, 1.807) is 6.20 Å². The van der Waals surface area contributed by atoms with Crippen molar-refractivity contribution in [3.63, 3.8) is 0 Å². The van der Waals surface area contributed by atoms with Crippen molar-refractivity contribution in [2.24, 2.45) is 0 Å². The number of piperazine rings is 1. The number of hydrogen-bond donors (Lipinski definition) is 1. The van der Waals surface area contributed by atoms with Crippen LogP contribution in [0.25, 0.3) is 0 Å². The first-order valence-corrected chi connectivity index (χ1v) is 7.87. The summed E-state index contributed by atoms with van der Waals surface area (Å²) in [6.07, 6.45) is 1.79. The Balaban J connectivity index is 1.57. The number of pyridine rings is 1. The Morgan fingerprint density at radius 3 is 3.05 bits per heavy atom. The molecule has 1 fully saturated rings. The van der Waals surface area contributed by atoms with Crippen LogP contribution in [0, 0.1) is 0 Å². The van der Waals surface area contributed by atoms with Crippen LogP contribution in [-0.4, -0.2) is 35.6 Å². The summed E-state index contributed by atoms with van der Waals surface area (Å²) in [6, 6.07) is 14.8. The molecule has 0 bridgehead atoms. The first-order chi connectivity index (χ1) is 10.8. The molecule has 1 aromatic heterocycles. The van der Waals surface area contributed by atoms with Crippen LogP contribution in [0.2, 0.25) is 0 Å². The zero-order valence-electron chi connectivity index (χ0n) is 13.0. The molecular weight excluding hydrogens is 274 g/mol. The molecule has 0 aliphatic carbocycles. The molecule has 2 aromatic rings. The van der Waals surface area contributed by atoms with E-state index in [0.29, 0.717) is 12.6 Å². The van der Waals surface area contributed by atoms with E-state index >= 15 is 0 Å². The van der Waals surface area contributed by atoms with Crippen LogP contribution in [0.4, 0.5) is 0 Å². The molecule has 0 unspecified atom stereocenters. The molecule has 0 radical (unpaired) electrons. The second-order valence-electron chi connectivity index (χ2n) is 5.85. The van der Waals surface area contributed by atoms with Gasteiger partial charge in [0.25, 0.3) is 0 Å². The van der Waals surface area contributed by atoms with Crippen molar-refractivity contribution >= 4 is 0 Å². The largest absolute Gasteiger partial charge is 0.487 e. The van der Waals surface area contributed by atoms with Crippen LogP contribution in [0.1, 0.15) is 18.2 Å². The Bertz CT molecular complexity index is 588. The van der Waals surface area contributed by atoms with Crippen molar-refractivity contribution in [2.45, 2.75) is 26.1 Å². The van der Waals surface area contributed by atoms with E-state index in [1.807, 2.05) is 24.3 Å². The molecule has 0 spiro atoms. The molecule has 1 N–H and O–H groups in total. The number of benzene rings is 1. The molecule has 2 heterocycles. The van der Waals surface area contributed by atoms with Crippen LogP contribution < -0.4 is 10.1 Å². The average molecular weight is 297 g/mol. The van der Waals surface area contributed by atoms with Gasteiger partial charge in [-0.15, -0.1) is 0 Å². The molecular formula is C18H23N3O. The van der Waals surface area contributed by atoms with E-state index in [9.17, 15) is 0 Å². The summed E-state index contributed by atoms with van der Waals surface area (Å²) in [5, 5.41) is 3.47. The van der Waals surface area contributed by atoms with Gasteiger partial charge in [-0.3, -0.25) is 9.88 Å². The minimum atomic E-state index is 0.509. The number of nitrogens with one attached hydrogen (secondary N) is 1. The van der Waals surface area contributed by atoms with Gasteiger partial charge >= 0.3 is 0 Å². The fourth-order valence-corrected chi connectivity index (χ4v) is 2.79. The third-order valence-electron chi connectivity index (χ3n) is 3.87. The maximum Gasteiger partial charge on any atom is 0.130 e. The lowest BCUT2D eigenvalue weighted by Crippen LogP contribution is -2.48. The second kappa shape index (κ2) is 7.38. The third-order valence-corrected chi connectivity index (χ3v) is 3.87. The predicted octanol–water partition coefficient (Wildman–Crippen LogP) is 2.45. The summed E-state index contributed by atoms with van der Waals surface area (Å²) in [4.78, 5) is 6.76. The summed E-state index contributed by atoms with van der Waals surface area (Å²) in [5.74, 6) is 0.909. The van der Waals surface area contributed by atoms with Gasteiger partial charge in [0.2, 0.25) is 0 Å². The average Bonchev–Trinajstić information content (AvgIpc) is 2.54. The topological polar surface area (TPSA) is 37.4 Å². The monoisotopic (exact) mass is 297 g/mol. The summed E-state index contributed by atoms with van der Waals surface area (Å²) in [6.45, 7) is 6.99. The van der Waals surface area contributed by atoms with Crippen molar-refractivity contribution in [1.29, 1.82) is 0 Å². The van der Waals surface area contributed by atoms with Crippen molar-refractivity contribution < 1.29 is 4.74 Å². The van der Waals surface area contributed by atoms with Crippen molar-refractivity contribution in [2.75, 3.05) is 19.6 Å². The van der Waals surface area contributed by atoms with E-state index in [2.05, 4.69) is 40.3 Å². The van der Waals surface area contributed by atoms with Crippen LogP contribution in [0.15, 0.2) is 48.7 Å². The molecule has 22 heavy (non-hydrogen) atoms. The standard InChI is InChI=1S/C18H23N3O/c1-15-12-21(10-9-19-15)13-16-5-4-7-18(11-16)22-14-17-6-2-3-8-20-17/h2-8,11,15,19H,9-10,12-14H2,1H3/t15-/m0/s1. The van der Waals surface area contributed by atoms with Gasteiger partial charge in [0, 0.05) is 38.4 Å². The van der Waals surface area contributed by atoms with E-state index in [4.69, 9.17) is 4.74 Å². The Morgan fingerprint density at radius 1 is 1.27 bits per heavy atom. The molecule has 1 aromatic carbocycles. The van der Waals surface area contributed by atoms with Gasteiger partial charge in [-0.05, 0) is 36.8 Å². The van der Waals surface area contributed by atoms with Gasteiger partial charge in [0.15, 0.2) is 0 Å². The highest BCUT2D eigenvalue weighted by molar-refractivity contribution is 5.28. The zero-order valence-corrected chi connectivity index (χ0v) is 13.0. The van der Waals surface area contributed by atoms with Crippen LogP contribution in [0.5, 0.6) is 5.75 Å². The smallest absolute Gasteiger partial charge is 0.130 e. The van der Waals surface area contributed by atoms with E-state index < -0.39 is 0 Å². The Hall–Kier alpha value is -1.91.